The molecule has 0 aromatic rings. The summed E-state index contributed by atoms with van der Waals surface area (Å²) < 4.78 is 71.7. The average molecular weight is 256 g/mol. The molecule has 0 spiro atoms. The third kappa shape index (κ3) is 6.15. The van der Waals surface area contributed by atoms with Crippen LogP contribution in [0.4, 0.5) is 8.78 Å². The van der Waals surface area contributed by atoms with Gasteiger partial charge >= 0.3 is 6.29 Å². The van der Waals surface area contributed by atoms with Gasteiger partial charge < -0.3 is 5.11 Å². The Kier molecular flexibility index (Phi) is 3.92. The number of aliphatic hydroxyl groups is 1. The van der Waals surface area contributed by atoms with Crippen molar-refractivity contribution in [2.45, 2.75) is 6.29 Å². The maximum absolute atomic E-state index is 11.6. The van der Waals surface area contributed by atoms with Gasteiger partial charge in [0.25, 0.3) is 20.2 Å². The number of hydrogen-bond acceptors (Lipinski definition) is 7. The molecule has 0 aromatic heterocycles. The van der Waals surface area contributed by atoms with E-state index < -0.39 is 31.6 Å². The van der Waals surface area contributed by atoms with Crippen LogP contribution in [0, 0.1) is 0 Å². The first kappa shape index (κ1) is 13.6. The van der Waals surface area contributed by atoms with Crippen molar-refractivity contribution in [3.63, 3.8) is 0 Å². The summed E-state index contributed by atoms with van der Waals surface area (Å²) in [5.41, 5.74) is 0. The number of rotatable bonds is 5. The lowest BCUT2D eigenvalue weighted by Gasteiger charge is -2.08. The molecule has 0 amide bonds. The minimum absolute atomic E-state index is 0.641. The third-order valence-electron chi connectivity index (χ3n) is 0.770. The first-order valence-corrected chi connectivity index (χ1v) is 5.95. The van der Waals surface area contributed by atoms with Crippen molar-refractivity contribution in [2.75, 3.05) is 12.2 Å². The Balaban J connectivity index is 4.70. The summed E-state index contributed by atoms with van der Waals surface area (Å²) in [5.74, 6) is 0. The largest absolute Gasteiger partial charge is 0.497 e. The predicted molar refractivity (Wildman–Crippen MR) is 38.0 cm³/mol. The van der Waals surface area contributed by atoms with Crippen LogP contribution < -0.4 is 0 Å². The van der Waals surface area contributed by atoms with E-state index >= 15 is 0 Å². The highest BCUT2D eigenvalue weighted by atomic mass is 32.3. The van der Waals surface area contributed by atoms with Crippen LogP contribution in [0.15, 0.2) is 0 Å². The molecule has 0 aliphatic heterocycles. The lowest BCUT2D eigenvalue weighted by Crippen LogP contribution is -2.28. The third-order valence-corrected chi connectivity index (χ3v) is 4.04. The summed E-state index contributed by atoms with van der Waals surface area (Å²) in [5, 5.41) is 5.84. The molecule has 0 saturated heterocycles. The molecule has 7 nitrogen and oxygen atoms in total. The van der Waals surface area contributed by atoms with Crippen LogP contribution in [0.2, 0.25) is 0 Å². The van der Waals surface area contributed by atoms with Gasteiger partial charge in [-0.2, -0.15) is 21.0 Å². The van der Waals surface area contributed by atoms with Crippen molar-refractivity contribution in [1.29, 1.82) is 0 Å². The summed E-state index contributed by atoms with van der Waals surface area (Å²) in [4.78, 5) is 0. The molecule has 0 radical (unpaired) electrons. The molecule has 0 unspecified atom stereocenters. The molecular formula is C3H6F2O7S2. The SMILES string of the molecule is COS(=O)(=O)CS(=O)(=O)OC(O)(F)F. The van der Waals surface area contributed by atoms with Crippen molar-refractivity contribution in [2.24, 2.45) is 0 Å². The Morgan fingerprint density at radius 3 is 1.93 bits per heavy atom. The molecule has 0 fully saturated rings. The molecule has 0 aromatic carbocycles. The molecule has 1 N–H and O–H groups in total. The van der Waals surface area contributed by atoms with Crippen molar-refractivity contribution >= 4 is 20.2 Å². The summed E-state index contributed by atoms with van der Waals surface area (Å²) in [6, 6.07) is 0. The van der Waals surface area contributed by atoms with Gasteiger partial charge in [-0.15, -0.1) is 8.78 Å². The normalized spacial score (nSPS) is 14.3. The molecule has 0 rings (SSSR count). The maximum atomic E-state index is 11.6. The van der Waals surface area contributed by atoms with Crippen LogP contribution in [0.5, 0.6) is 0 Å². The van der Waals surface area contributed by atoms with Gasteiger partial charge in [0.1, 0.15) is 0 Å². The first-order valence-electron chi connectivity index (χ1n) is 2.79. The second-order valence-corrected chi connectivity index (χ2v) is 5.64. The molecule has 0 aliphatic carbocycles. The van der Waals surface area contributed by atoms with E-state index in [9.17, 15) is 25.6 Å². The minimum Gasteiger partial charge on any atom is -0.311 e. The van der Waals surface area contributed by atoms with Crippen molar-refractivity contribution < 1.29 is 39.1 Å². The Morgan fingerprint density at radius 2 is 1.64 bits per heavy atom. The zero-order chi connectivity index (χ0) is 11.6. The van der Waals surface area contributed by atoms with Crippen LogP contribution in [0.25, 0.3) is 0 Å². The smallest absolute Gasteiger partial charge is 0.311 e. The molecule has 11 heteroatoms. The highest BCUT2D eigenvalue weighted by molar-refractivity contribution is 8.03. The van der Waals surface area contributed by atoms with Gasteiger partial charge in [0.2, 0.25) is 5.08 Å². The van der Waals surface area contributed by atoms with Crippen molar-refractivity contribution in [1.82, 2.24) is 0 Å². The van der Waals surface area contributed by atoms with E-state index in [4.69, 9.17) is 5.11 Å². The first-order chi connectivity index (χ1) is 5.97. The molecule has 86 valence electrons. The number of alkyl halides is 2. The highest BCUT2D eigenvalue weighted by Gasteiger charge is 2.36. The van der Waals surface area contributed by atoms with Gasteiger partial charge in [-0.05, 0) is 0 Å². The van der Waals surface area contributed by atoms with E-state index in [1.807, 2.05) is 0 Å². The second-order valence-electron chi connectivity index (χ2n) is 1.97. The van der Waals surface area contributed by atoms with Crippen LogP contribution in [-0.2, 0) is 28.6 Å². The quantitative estimate of drug-likeness (QED) is 0.486. The zero-order valence-electron chi connectivity index (χ0n) is 6.68. The van der Waals surface area contributed by atoms with E-state index in [-0.39, 0.29) is 0 Å². The van der Waals surface area contributed by atoms with Gasteiger partial charge in [-0.25, -0.2) is 0 Å². The van der Waals surface area contributed by atoms with Crippen molar-refractivity contribution in [3.8, 4) is 0 Å². The Labute approximate surface area is 78.5 Å². The zero-order valence-corrected chi connectivity index (χ0v) is 8.31. The van der Waals surface area contributed by atoms with Gasteiger partial charge in [0.05, 0.1) is 7.11 Å². The lowest BCUT2D eigenvalue weighted by atomic mass is 11.3. The Bertz CT molecular complexity index is 376. The standard InChI is InChI=1S/C3H6F2O7S2/c1-11-13(7,8)2-14(9,10)12-3(4,5)6/h6H,2H2,1H3. The average Bonchev–Trinajstić information content (AvgIpc) is 1.78. The van der Waals surface area contributed by atoms with Crippen LogP contribution >= 0.6 is 0 Å². The number of halogens is 2. The molecule has 0 atom stereocenters. The summed E-state index contributed by atoms with van der Waals surface area (Å²) in [7, 11) is -8.99. The maximum Gasteiger partial charge on any atom is 0.497 e. The van der Waals surface area contributed by atoms with Crippen LogP contribution in [0.1, 0.15) is 0 Å². The Morgan fingerprint density at radius 1 is 1.21 bits per heavy atom. The highest BCUT2D eigenvalue weighted by Crippen LogP contribution is 2.15. The van der Waals surface area contributed by atoms with Gasteiger partial charge in [0, 0.05) is 0 Å². The topological polar surface area (TPSA) is 107 Å². The lowest BCUT2D eigenvalue weighted by molar-refractivity contribution is -0.325. The molecule has 14 heavy (non-hydrogen) atoms. The summed E-state index contributed by atoms with van der Waals surface area (Å²) >= 11 is 0. The molecule has 0 aliphatic rings. The van der Waals surface area contributed by atoms with E-state index in [0.29, 0.717) is 7.11 Å². The van der Waals surface area contributed by atoms with Crippen LogP contribution in [-0.4, -0.2) is 40.4 Å². The molecule has 0 bridgehead atoms. The van der Waals surface area contributed by atoms with E-state index in [2.05, 4.69) is 8.37 Å². The monoisotopic (exact) mass is 256 g/mol. The minimum atomic E-state index is -5.12. The predicted octanol–water partition coefficient (Wildman–Crippen LogP) is -1.19. The fraction of sp³-hybridized carbons (Fsp3) is 1.00. The summed E-state index contributed by atoms with van der Waals surface area (Å²) in [6.07, 6.45) is -4.96. The van der Waals surface area contributed by atoms with E-state index in [1.54, 1.807) is 0 Å². The fourth-order valence-corrected chi connectivity index (χ4v) is 2.70. The summed E-state index contributed by atoms with van der Waals surface area (Å²) in [6.45, 7) is 0. The molecule has 0 heterocycles. The van der Waals surface area contributed by atoms with Crippen LogP contribution in [0.3, 0.4) is 0 Å². The second kappa shape index (κ2) is 4.02. The van der Waals surface area contributed by atoms with Gasteiger partial charge in [0.15, 0.2) is 0 Å². The van der Waals surface area contributed by atoms with Gasteiger partial charge in [-0.1, -0.05) is 0 Å². The number of hydrogen-bond donors (Lipinski definition) is 1. The van der Waals surface area contributed by atoms with Gasteiger partial charge in [-0.3, -0.25) is 4.18 Å². The van der Waals surface area contributed by atoms with Crippen molar-refractivity contribution in [3.05, 3.63) is 0 Å². The molecule has 0 saturated carbocycles. The molecular weight excluding hydrogens is 250 g/mol. The van der Waals surface area contributed by atoms with E-state index in [1.165, 1.54) is 0 Å². The Hall–Kier alpha value is -0.360. The van der Waals surface area contributed by atoms with E-state index in [0.717, 1.165) is 0 Å². The fourth-order valence-electron chi connectivity index (χ4n) is 0.402.